The highest BCUT2D eigenvalue weighted by molar-refractivity contribution is 5.82. The molecular formula is C22H20N4O2. The average molecular weight is 372 g/mol. The first-order chi connectivity index (χ1) is 13.7. The van der Waals surface area contributed by atoms with E-state index < -0.39 is 0 Å². The van der Waals surface area contributed by atoms with Crippen LogP contribution in [0.1, 0.15) is 0 Å². The molecule has 0 aliphatic heterocycles. The predicted octanol–water partition coefficient (Wildman–Crippen LogP) is 5.13. The molecule has 0 fully saturated rings. The van der Waals surface area contributed by atoms with E-state index >= 15 is 0 Å². The Morgan fingerprint density at radius 2 is 1.54 bits per heavy atom. The van der Waals surface area contributed by atoms with Gasteiger partial charge in [0, 0.05) is 35.1 Å². The van der Waals surface area contributed by atoms with Gasteiger partial charge in [-0.15, -0.1) is 0 Å². The second kappa shape index (κ2) is 7.84. The lowest BCUT2D eigenvalue weighted by atomic mass is 10.2. The Kier molecular flexibility index (Phi) is 4.93. The summed E-state index contributed by atoms with van der Waals surface area (Å²) in [6, 6.07) is 19.6. The van der Waals surface area contributed by atoms with Crippen LogP contribution in [0.25, 0.3) is 10.9 Å². The van der Waals surface area contributed by atoms with Crippen molar-refractivity contribution in [3.63, 3.8) is 0 Å². The summed E-state index contributed by atoms with van der Waals surface area (Å²) < 4.78 is 10.6. The first-order valence-electron chi connectivity index (χ1n) is 8.82. The number of hydrogen-bond acceptors (Lipinski definition) is 6. The summed E-state index contributed by atoms with van der Waals surface area (Å²) >= 11 is 0. The molecule has 0 spiro atoms. The third-order valence-corrected chi connectivity index (χ3v) is 4.30. The molecule has 0 bridgehead atoms. The van der Waals surface area contributed by atoms with Crippen molar-refractivity contribution in [1.82, 2.24) is 9.97 Å². The number of benzene rings is 2. The van der Waals surface area contributed by atoms with Crippen molar-refractivity contribution in [3.8, 4) is 11.5 Å². The lowest BCUT2D eigenvalue weighted by Crippen LogP contribution is -1.97. The van der Waals surface area contributed by atoms with Gasteiger partial charge >= 0.3 is 0 Å². The number of aromatic nitrogens is 2. The molecule has 0 unspecified atom stereocenters. The van der Waals surface area contributed by atoms with Crippen LogP contribution >= 0.6 is 0 Å². The molecule has 6 heteroatoms. The first-order valence-corrected chi connectivity index (χ1v) is 8.82. The highest BCUT2D eigenvalue weighted by Crippen LogP contribution is 2.31. The van der Waals surface area contributed by atoms with E-state index in [0.717, 1.165) is 28.0 Å². The van der Waals surface area contributed by atoms with Crippen molar-refractivity contribution in [2.75, 3.05) is 24.9 Å². The average Bonchev–Trinajstić information content (AvgIpc) is 2.74. The van der Waals surface area contributed by atoms with Crippen LogP contribution in [0.15, 0.2) is 73.1 Å². The molecule has 0 saturated heterocycles. The van der Waals surface area contributed by atoms with Crippen LogP contribution in [-0.4, -0.2) is 24.2 Å². The van der Waals surface area contributed by atoms with E-state index in [1.54, 1.807) is 20.4 Å². The van der Waals surface area contributed by atoms with Gasteiger partial charge in [0.25, 0.3) is 0 Å². The fraction of sp³-hybridized carbons (Fsp3) is 0.0909. The minimum Gasteiger partial charge on any atom is -0.493 e. The summed E-state index contributed by atoms with van der Waals surface area (Å²) in [5.74, 6) is 2.05. The Bertz CT molecular complexity index is 1110. The van der Waals surface area contributed by atoms with Gasteiger partial charge in [-0.3, -0.25) is 4.98 Å². The van der Waals surface area contributed by atoms with Gasteiger partial charge in [-0.25, -0.2) is 4.98 Å². The van der Waals surface area contributed by atoms with E-state index in [4.69, 9.17) is 9.47 Å². The largest absolute Gasteiger partial charge is 0.493 e. The first kappa shape index (κ1) is 17.6. The van der Waals surface area contributed by atoms with E-state index in [2.05, 4.69) is 26.7 Å². The fourth-order valence-electron chi connectivity index (χ4n) is 2.94. The Morgan fingerprint density at radius 3 is 2.39 bits per heavy atom. The zero-order valence-corrected chi connectivity index (χ0v) is 15.6. The summed E-state index contributed by atoms with van der Waals surface area (Å²) in [4.78, 5) is 8.87. The number of nitrogens with one attached hydrogen (secondary N) is 2. The van der Waals surface area contributed by atoms with Gasteiger partial charge in [0.05, 0.1) is 31.6 Å². The molecule has 0 saturated carbocycles. The summed E-state index contributed by atoms with van der Waals surface area (Å²) in [7, 11) is 3.23. The molecule has 2 aromatic heterocycles. The maximum absolute atomic E-state index is 5.35. The molecule has 4 rings (SSSR count). The van der Waals surface area contributed by atoms with Gasteiger partial charge in [-0.2, -0.15) is 0 Å². The molecule has 0 aliphatic carbocycles. The Morgan fingerprint density at radius 1 is 0.714 bits per heavy atom. The van der Waals surface area contributed by atoms with Gasteiger partial charge in [-0.05, 0) is 30.3 Å². The van der Waals surface area contributed by atoms with Gasteiger partial charge in [-0.1, -0.05) is 18.2 Å². The standard InChI is InChI=1S/C22H20N4O2/c1-27-20-8-7-16(12-21(20)28-2)26-22-13-17(9-10-23-22)25-18-11-15-5-3-4-6-19(15)24-14-18/h3-14H,1-2H3,(H2,23,25,26). The summed E-state index contributed by atoms with van der Waals surface area (Å²) in [6.07, 6.45) is 3.57. The van der Waals surface area contributed by atoms with E-state index in [0.29, 0.717) is 17.3 Å². The number of pyridine rings is 2. The maximum Gasteiger partial charge on any atom is 0.162 e. The van der Waals surface area contributed by atoms with E-state index in [1.165, 1.54) is 0 Å². The molecule has 140 valence electrons. The number of fused-ring (bicyclic) bond motifs is 1. The quantitative estimate of drug-likeness (QED) is 0.489. The Labute approximate surface area is 163 Å². The molecule has 0 aliphatic rings. The highest BCUT2D eigenvalue weighted by Gasteiger charge is 2.06. The normalized spacial score (nSPS) is 10.5. The monoisotopic (exact) mass is 372 g/mol. The second-order valence-electron chi connectivity index (χ2n) is 6.17. The van der Waals surface area contributed by atoms with Gasteiger partial charge < -0.3 is 20.1 Å². The van der Waals surface area contributed by atoms with Crippen LogP contribution in [0.2, 0.25) is 0 Å². The van der Waals surface area contributed by atoms with Crippen molar-refractivity contribution < 1.29 is 9.47 Å². The third-order valence-electron chi connectivity index (χ3n) is 4.30. The van der Waals surface area contributed by atoms with Crippen molar-refractivity contribution in [2.45, 2.75) is 0 Å². The SMILES string of the molecule is COc1ccc(Nc2cc(Nc3cnc4ccccc4c3)ccn2)cc1OC. The number of rotatable bonds is 6. The Balaban J connectivity index is 1.54. The highest BCUT2D eigenvalue weighted by atomic mass is 16.5. The van der Waals surface area contributed by atoms with Crippen LogP contribution in [0.5, 0.6) is 11.5 Å². The summed E-state index contributed by atoms with van der Waals surface area (Å²) in [5, 5.41) is 7.75. The third kappa shape index (κ3) is 3.81. The molecule has 28 heavy (non-hydrogen) atoms. The minimum atomic E-state index is 0.656. The maximum atomic E-state index is 5.35. The van der Waals surface area contributed by atoms with Crippen molar-refractivity contribution in [3.05, 3.63) is 73.1 Å². The smallest absolute Gasteiger partial charge is 0.162 e. The van der Waals surface area contributed by atoms with Crippen molar-refractivity contribution in [1.29, 1.82) is 0 Å². The molecule has 6 nitrogen and oxygen atoms in total. The van der Waals surface area contributed by atoms with Crippen LogP contribution in [-0.2, 0) is 0 Å². The van der Waals surface area contributed by atoms with Crippen molar-refractivity contribution in [2.24, 2.45) is 0 Å². The number of para-hydroxylation sites is 1. The molecule has 2 heterocycles. The van der Waals surface area contributed by atoms with E-state index in [9.17, 15) is 0 Å². The molecule has 0 radical (unpaired) electrons. The molecule has 2 aromatic carbocycles. The van der Waals surface area contributed by atoms with Crippen LogP contribution in [0.3, 0.4) is 0 Å². The fourth-order valence-corrected chi connectivity index (χ4v) is 2.94. The molecule has 0 atom stereocenters. The second-order valence-corrected chi connectivity index (χ2v) is 6.17. The molecule has 2 N–H and O–H groups in total. The molecular weight excluding hydrogens is 352 g/mol. The number of ether oxygens (including phenoxy) is 2. The van der Waals surface area contributed by atoms with E-state index in [-0.39, 0.29) is 0 Å². The van der Waals surface area contributed by atoms with Gasteiger partial charge in [0.1, 0.15) is 5.82 Å². The zero-order valence-electron chi connectivity index (χ0n) is 15.6. The number of methoxy groups -OCH3 is 2. The number of nitrogens with zero attached hydrogens (tertiary/aromatic N) is 2. The predicted molar refractivity (Wildman–Crippen MR) is 112 cm³/mol. The van der Waals surface area contributed by atoms with Gasteiger partial charge in [0.15, 0.2) is 11.5 Å². The molecule has 0 amide bonds. The summed E-state index contributed by atoms with van der Waals surface area (Å²) in [6.45, 7) is 0. The number of anilines is 4. The van der Waals surface area contributed by atoms with Crippen LogP contribution in [0.4, 0.5) is 22.9 Å². The van der Waals surface area contributed by atoms with Crippen LogP contribution in [0, 0.1) is 0 Å². The Hall–Kier alpha value is -3.80. The topological polar surface area (TPSA) is 68.3 Å². The lowest BCUT2D eigenvalue weighted by molar-refractivity contribution is 0.355. The molecule has 4 aromatic rings. The summed E-state index contributed by atoms with van der Waals surface area (Å²) in [5.41, 5.74) is 3.66. The van der Waals surface area contributed by atoms with Gasteiger partial charge in [0.2, 0.25) is 0 Å². The lowest BCUT2D eigenvalue weighted by Gasteiger charge is -2.12. The van der Waals surface area contributed by atoms with Crippen molar-refractivity contribution >= 4 is 33.8 Å². The number of hydrogen-bond donors (Lipinski definition) is 2. The van der Waals surface area contributed by atoms with Crippen LogP contribution < -0.4 is 20.1 Å². The zero-order chi connectivity index (χ0) is 19.3. The van der Waals surface area contributed by atoms with E-state index in [1.807, 2.05) is 60.8 Å². The minimum absolute atomic E-state index is 0.656.